The Morgan fingerprint density at radius 2 is 2.40 bits per heavy atom. The molecule has 0 bridgehead atoms. The van der Waals surface area contributed by atoms with E-state index in [0.717, 1.165) is 25.2 Å². The highest BCUT2D eigenvalue weighted by molar-refractivity contribution is 5.78. The average Bonchev–Trinajstić information content (AvgIpc) is 2.77. The monoisotopic (exact) mass is 206 g/mol. The Hall–Kier alpha value is -1.32. The van der Waals surface area contributed by atoms with Gasteiger partial charge in [0.1, 0.15) is 5.82 Å². The highest BCUT2D eigenvalue weighted by Gasteiger charge is 2.43. The molecule has 1 aliphatic carbocycles. The van der Waals surface area contributed by atoms with Gasteiger partial charge in [0.2, 0.25) is 0 Å². The fraction of sp³-hybridized carbons (Fsp3) is 0.636. The van der Waals surface area contributed by atoms with Crippen LogP contribution >= 0.6 is 0 Å². The fourth-order valence-corrected chi connectivity index (χ4v) is 2.13. The molecule has 3 N–H and O–H groups in total. The zero-order valence-corrected chi connectivity index (χ0v) is 9.16. The molecule has 0 aliphatic heterocycles. The van der Waals surface area contributed by atoms with E-state index in [2.05, 4.69) is 16.5 Å². The topological polar surface area (TPSA) is 67.7 Å². The summed E-state index contributed by atoms with van der Waals surface area (Å²) >= 11 is 0. The van der Waals surface area contributed by atoms with Crippen LogP contribution in [0.25, 0.3) is 0 Å². The van der Waals surface area contributed by atoms with Crippen LogP contribution in [-0.2, 0) is 13.0 Å². The van der Waals surface area contributed by atoms with E-state index in [0.29, 0.717) is 5.84 Å². The van der Waals surface area contributed by atoms with E-state index >= 15 is 0 Å². The van der Waals surface area contributed by atoms with E-state index < -0.39 is 0 Å². The van der Waals surface area contributed by atoms with Gasteiger partial charge in [-0.3, -0.25) is 5.41 Å². The molecule has 0 atom stereocenters. The van der Waals surface area contributed by atoms with E-state index in [1.807, 2.05) is 12.4 Å². The van der Waals surface area contributed by atoms with Gasteiger partial charge in [-0.2, -0.15) is 0 Å². The molecule has 0 spiro atoms. The minimum absolute atomic E-state index is 0.260. The Balaban J connectivity index is 2.05. The van der Waals surface area contributed by atoms with Crippen molar-refractivity contribution in [3.05, 3.63) is 18.2 Å². The second-order valence-electron chi connectivity index (χ2n) is 4.53. The van der Waals surface area contributed by atoms with E-state index in [1.54, 1.807) is 0 Å². The number of hydrogen-bond acceptors (Lipinski definition) is 2. The van der Waals surface area contributed by atoms with Crippen molar-refractivity contribution in [2.24, 2.45) is 11.1 Å². The third-order valence-corrected chi connectivity index (χ3v) is 3.15. The van der Waals surface area contributed by atoms with Gasteiger partial charge >= 0.3 is 0 Å². The number of aromatic nitrogens is 2. The lowest BCUT2D eigenvalue weighted by Gasteiger charge is -2.16. The van der Waals surface area contributed by atoms with E-state index in [-0.39, 0.29) is 5.41 Å². The largest absolute Gasteiger partial charge is 0.388 e. The van der Waals surface area contributed by atoms with Gasteiger partial charge < -0.3 is 10.3 Å². The number of hydrogen-bond donors (Lipinski definition) is 2. The second-order valence-corrected chi connectivity index (χ2v) is 4.53. The number of nitrogens with two attached hydrogens (primary N) is 1. The SMILES string of the molecule is CCc1nccn1CC1(CC(=N)N)CC1. The van der Waals surface area contributed by atoms with E-state index in [9.17, 15) is 0 Å². The maximum atomic E-state index is 7.37. The van der Waals surface area contributed by atoms with Crippen LogP contribution in [0.5, 0.6) is 0 Å². The minimum Gasteiger partial charge on any atom is -0.388 e. The number of nitrogens with zero attached hydrogens (tertiary/aromatic N) is 2. The van der Waals surface area contributed by atoms with Gasteiger partial charge in [0.15, 0.2) is 0 Å². The highest BCUT2D eigenvalue weighted by atomic mass is 15.1. The summed E-state index contributed by atoms with van der Waals surface area (Å²) < 4.78 is 2.20. The molecule has 0 amide bonds. The van der Waals surface area contributed by atoms with Crippen LogP contribution in [0.3, 0.4) is 0 Å². The number of amidine groups is 1. The number of aryl methyl sites for hydroxylation is 1. The summed E-state index contributed by atoms with van der Waals surface area (Å²) in [4.78, 5) is 4.30. The van der Waals surface area contributed by atoms with Crippen molar-refractivity contribution in [2.75, 3.05) is 0 Å². The van der Waals surface area contributed by atoms with Gasteiger partial charge in [-0.05, 0) is 18.3 Å². The Morgan fingerprint density at radius 3 is 2.93 bits per heavy atom. The third kappa shape index (κ3) is 2.19. The van der Waals surface area contributed by atoms with Crippen LogP contribution in [0.2, 0.25) is 0 Å². The molecule has 0 aromatic carbocycles. The molecular weight excluding hydrogens is 188 g/mol. The van der Waals surface area contributed by atoms with Gasteiger partial charge in [-0.25, -0.2) is 4.98 Å². The summed E-state index contributed by atoms with van der Waals surface area (Å²) in [6, 6.07) is 0. The predicted molar refractivity (Wildman–Crippen MR) is 59.8 cm³/mol. The maximum Gasteiger partial charge on any atom is 0.108 e. The molecule has 2 rings (SSSR count). The van der Waals surface area contributed by atoms with Crippen molar-refractivity contribution in [3.63, 3.8) is 0 Å². The Morgan fingerprint density at radius 1 is 1.67 bits per heavy atom. The standard InChI is InChI=1S/C11H18N4/c1-2-10-14-5-6-15(10)8-11(3-4-11)7-9(12)13/h5-6H,2-4,7-8H2,1H3,(H3,12,13). The van der Waals surface area contributed by atoms with Gasteiger partial charge in [0, 0.05) is 31.8 Å². The maximum absolute atomic E-state index is 7.37. The van der Waals surface area contributed by atoms with Gasteiger partial charge in [-0.15, -0.1) is 0 Å². The number of imidazole rings is 1. The Kier molecular flexibility index (Phi) is 2.50. The molecule has 1 heterocycles. The first-order valence-electron chi connectivity index (χ1n) is 5.48. The Bertz CT molecular complexity index is 362. The third-order valence-electron chi connectivity index (χ3n) is 3.15. The van der Waals surface area contributed by atoms with Crippen molar-refractivity contribution >= 4 is 5.84 Å². The van der Waals surface area contributed by atoms with Crippen LogP contribution in [0.1, 0.15) is 32.0 Å². The minimum atomic E-state index is 0.260. The Labute approximate surface area is 90.0 Å². The quantitative estimate of drug-likeness (QED) is 0.567. The molecule has 15 heavy (non-hydrogen) atoms. The molecule has 4 heteroatoms. The summed E-state index contributed by atoms with van der Waals surface area (Å²) in [5.74, 6) is 1.44. The second kappa shape index (κ2) is 3.68. The average molecular weight is 206 g/mol. The summed E-state index contributed by atoms with van der Waals surface area (Å²) in [7, 11) is 0. The van der Waals surface area contributed by atoms with Crippen molar-refractivity contribution in [1.82, 2.24) is 9.55 Å². The molecule has 0 radical (unpaired) electrons. The van der Waals surface area contributed by atoms with Crippen molar-refractivity contribution in [3.8, 4) is 0 Å². The zero-order valence-electron chi connectivity index (χ0n) is 9.16. The van der Waals surface area contributed by atoms with Crippen LogP contribution in [-0.4, -0.2) is 15.4 Å². The van der Waals surface area contributed by atoms with Crippen LogP contribution < -0.4 is 5.73 Å². The lowest BCUT2D eigenvalue weighted by Crippen LogP contribution is -2.21. The van der Waals surface area contributed by atoms with Gasteiger partial charge in [0.05, 0.1) is 5.84 Å². The molecule has 4 nitrogen and oxygen atoms in total. The summed E-state index contributed by atoms with van der Waals surface area (Å²) in [5.41, 5.74) is 5.74. The number of nitrogens with one attached hydrogen (secondary N) is 1. The molecule has 0 saturated heterocycles. The summed E-state index contributed by atoms with van der Waals surface area (Å²) in [5, 5.41) is 7.37. The lowest BCUT2D eigenvalue weighted by atomic mass is 10.0. The molecule has 82 valence electrons. The smallest absolute Gasteiger partial charge is 0.108 e. The summed E-state index contributed by atoms with van der Waals surface area (Å²) in [6.45, 7) is 3.08. The highest BCUT2D eigenvalue weighted by Crippen LogP contribution is 2.50. The van der Waals surface area contributed by atoms with Crippen LogP contribution in [0.15, 0.2) is 12.4 Å². The van der Waals surface area contributed by atoms with Gasteiger partial charge in [-0.1, -0.05) is 6.92 Å². The van der Waals surface area contributed by atoms with E-state index in [4.69, 9.17) is 11.1 Å². The zero-order chi connectivity index (χ0) is 10.9. The first-order chi connectivity index (χ1) is 7.15. The van der Waals surface area contributed by atoms with Crippen molar-refractivity contribution < 1.29 is 0 Å². The van der Waals surface area contributed by atoms with Crippen molar-refractivity contribution in [1.29, 1.82) is 5.41 Å². The lowest BCUT2D eigenvalue weighted by molar-refractivity contribution is 0.427. The molecule has 0 unspecified atom stereocenters. The fourth-order valence-electron chi connectivity index (χ4n) is 2.13. The molecule has 1 aromatic heterocycles. The first kappa shape index (κ1) is 10.2. The normalized spacial score (nSPS) is 17.7. The number of rotatable bonds is 5. The summed E-state index contributed by atoms with van der Waals surface area (Å²) in [6.07, 6.45) is 7.95. The van der Waals surface area contributed by atoms with E-state index in [1.165, 1.54) is 12.8 Å². The molecule has 1 fully saturated rings. The first-order valence-corrected chi connectivity index (χ1v) is 5.48. The van der Waals surface area contributed by atoms with Crippen LogP contribution in [0, 0.1) is 10.8 Å². The molecule has 1 aliphatic rings. The molecule has 1 saturated carbocycles. The van der Waals surface area contributed by atoms with Crippen molar-refractivity contribution in [2.45, 2.75) is 39.2 Å². The molecular formula is C11H18N4. The predicted octanol–water partition coefficient (Wildman–Crippen LogP) is 1.55. The molecule has 1 aromatic rings. The van der Waals surface area contributed by atoms with Gasteiger partial charge in [0.25, 0.3) is 0 Å². The van der Waals surface area contributed by atoms with Crippen LogP contribution in [0.4, 0.5) is 0 Å².